The van der Waals surface area contributed by atoms with Gasteiger partial charge in [0.1, 0.15) is 5.01 Å². The van der Waals surface area contributed by atoms with Gasteiger partial charge in [0, 0.05) is 13.0 Å². The number of carbonyl (C=O) groups excluding carboxylic acids is 1. The SMILES string of the molecule is CC1CCN(Cc2nnc(NC(=O)CCN)s2)CC1. The third-order valence-corrected chi connectivity index (χ3v) is 4.14. The molecule has 1 aliphatic rings. The molecule has 1 aliphatic heterocycles. The molecule has 1 amide bonds. The third-order valence-electron chi connectivity index (χ3n) is 3.32. The van der Waals surface area contributed by atoms with Crippen LogP contribution in [0.3, 0.4) is 0 Å². The van der Waals surface area contributed by atoms with Gasteiger partial charge >= 0.3 is 0 Å². The predicted molar refractivity (Wildman–Crippen MR) is 75.9 cm³/mol. The second-order valence-electron chi connectivity index (χ2n) is 5.05. The number of amides is 1. The predicted octanol–water partition coefficient (Wildman–Crippen LogP) is 1.06. The first-order chi connectivity index (χ1) is 9.17. The molecule has 1 fully saturated rings. The Kier molecular flexibility index (Phi) is 5.24. The quantitative estimate of drug-likeness (QED) is 0.844. The Morgan fingerprint density at radius 1 is 1.47 bits per heavy atom. The minimum atomic E-state index is -0.100. The van der Waals surface area contributed by atoms with E-state index in [1.165, 1.54) is 24.2 Å². The number of hydrogen-bond donors (Lipinski definition) is 2. The highest BCUT2D eigenvalue weighted by Gasteiger charge is 2.17. The number of aromatic nitrogens is 2. The second kappa shape index (κ2) is 6.93. The van der Waals surface area contributed by atoms with Crippen LogP contribution in [0.5, 0.6) is 0 Å². The Morgan fingerprint density at radius 3 is 2.89 bits per heavy atom. The van der Waals surface area contributed by atoms with Gasteiger partial charge in [-0.1, -0.05) is 18.3 Å². The van der Waals surface area contributed by atoms with Gasteiger partial charge in [-0.3, -0.25) is 9.69 Å². The fourth-order valence-corrected chi connectivity index (χ4v) is 2.89. The molecular formula is C12H21N5OS. The Bertz CT molecular complexity index is 414. The van der Waals surface area contributed by atoms with E-state index in [0.717, 1.165) is 30.6 Å². The van der Waals surface area contributed by atoms with Crippen LogP contribution in [0.2, 0.25) is 0 Å². The maximum atomic E-state index is 11.4. The van der Waals surface area contributed by atoms with Crippen LogP contribution in [0, 0.1) is 5.92 Å². The highest BCUT2D eigenvalue weighted by atomic mass is 32.1. The summed E-state index contributed by atoms with van der Waals surface area (Å²) in [7, 11) is 0. The molecule has 2 rings (SSSR count). The minimum Gasteiger partial charge on any atom is -0.330 e. The molecular weight excluding hydrogens is 262 g/mol. The summed E-state index contributed by atoms with van der Waals surface area (Å²) in [6.07, 6.45) is 2.82. The van der Waals surface area contributed by atoms with Gasteiger partial charge in [0.05, 0.1) is 6.54 Å². The van der Waals surface area contributed by atoms with Gasteiger partial charge in [0.25, 0.3) is 0 Å². The number of nitrogens with zero attached hydrogens (tertiary/aromatic N) is 3. The zero-order valence-corrected chi connectivity index (χ0v) is 12.1. The number of carbonyl (C=O) groups is 1. The van der Waals surface area contributed by atoms with Crippen LogP contribution in [0.25, 0.3) is 0 Å². The average molecular weight is 283 g/mol. The molecule has 0 aromatic carbocycles. The number of likely N-dealkylation sites (tertiary alicyclic amines) is 1. The van der Waals surface area contributed by atoms with E-state index in [0.29, 0.717) is 18.1 Å². The molecule has 0 aliphatic carbocycles. The molecule has 0 bridgehead atoms. The van der Waals surface area contributed by atoms with Crippen LogP contribution in [0.1, 0.15) is 31.2 Å². The minimum absolute atomic E-state index is 0.100. The summed E-state index contributed by atoms with van der Waals surface area (Å²) in [5.41, 5.74) is 5.32. The van der Waals surface area contributed by atoms with E-state index in [4.69, 9.17) is 5.73 Å². The number of rotatable bonds is 5. The molecule has 6 nitrogen and oxygen atoms in total. The lowest BCUT2D eigenvalue weighted by Gasteiger charge is -2.29. The van der Waals surface area contributed by atoms with Crippen molar-refractivity contribution in [3.63, 3.8) is 0 Å². The summed E-state index contributed by atoms with van der Waals surface area (Å²) in [5.74, 6) is 0.730. The van der Waals surface area contributed by atoms with E-state index < -0.39 is 0 Å². The van der Waals surface area contributed by atoms with Crippen molar-refractivity contribution in [2.75, 3.05) is 25.0 Å². The largest absolute Gasteiger partial charge is 0.330 e. The van der Waals surface area contributed by atoms with Crippen LogP contribution in [0.15, 0.2) is 0 Å². The molecule has 1 saturated heterocycles. The lowest BCUT2D eigenvalue weighted by molar-refractivity contribution is -0.116. The van der Waals surface area contributed by atoms with Crippen LogP contribution < -0.4 is 11.1 Å². The van der Waals surface area contributed by atoms with Crippen LogP contribution in [0.4, 0.5) is 5.13 Å². The fourth-order valence-electron chi connectivity index (χ4n) is 2.09. The number of nitrogens with one attached hydrogen (secondary N) is 1. The summed E-state index contributed by atoms with van der Waals surface area (Å²) >= 11 is 1.44. The van der Waals surface area contributed by atoms with Crippen molar-refractivity contribution in [2.24, 2.45) is 11.7 Å². The Hall–Kier alpha value is -1.05. The molecule has 1 aromatic heterocycles. The molecule has 0 spiro atoms. The lowest BCUT2D eigenvalue weighted by Crippen LogP contribution is -2.32. The van der Waals surface area contributed by atoms with E-state index in [1.54, 1.807) is 0 Å². The van der Waals surface area contributed by atoms with Crippen LogP contribution in [-0.2, 0) is 11.3 Å². The van der Waals surface area contributed by atoms with Gasteiger partial charge in [-0.05, 0) is 31.8 Å². The van der Waals surface area contributed by atoms with Gasteiger partial charge in [-0.25, -0.2) is 0 Å². The smallest absolute Gasteiger partial charge is 0.227 e. The van der Waals surface area contributed by atoms with Gasteiger partial charge in [-0.15, -0.1) is 10.2 Å². The van der Waals surface area contributed by atoms with E-state index >= 15 is 0 Å². The first-order valence-electron chi connectivity index (χ1n) is 6.72. The maximum absolute atomic E-state index is 11.4. The number of hydrogen-bond acceptors (Lipinski definition) is 6. The van der Waals surface area contributed by atoms with Crippen LogP contribution in [-0.4, -0.2) is 40.6 Å². The molecule has 106 valence electrons. The van der Waals surface area contributed by atoms with Crippen molar-refractivity contribution < 1.29 is 4.79 Å². The van der Waals surface area contributed by atoms with Gasteiger partial charge < -0.3 is 11.1 Å². The normalized spacial score (nSPS) is 17.6. The van der Waals surface area contributed by atoms with Gasteiger partial charge in [0.2, 0.25) is 11.0 Å². The molecule has 0 saturated carbocycles. The summed E-state index contributed by atoms with van der Waals surface area (Å²) in [4.78, 5) is 13.8. The zero-order chi connectivity index (χ0) is 13.7. The average Bonchev–Trinajstić information content (AvgIpc) is 2.80. The van der Waals surface area contributed by atoms with Crippen molar-refractivity contribution in [2.45, 2.75) is 32.7 Å². The Labute approximate surface area is 117 Å². The fraction of sp³-hybridized carbons (Fsp3) is 0.750. The summed E-state index contributed by atoms with van der Waals surface area (Å²) in [6, 6.07) is 0. The molecule has 3 N–H and O–H groups in total. The number of piperidine rings is 1. The molecule has 0 atom stereocenters. The highest BCUT2D eigenvalue weighted by Crippen LogP contribution is 2.21. The van der Waals surface area contributed by atoms with E-state index in [2.05, 4.69) is 27.3 Å². The molecule has 0 radical (unpaired) electrons. The van der Waals surface area contributed by atoms with Crippen molar-refractivity contribution >= 4 is 22.4 Å². The first kappa shape index (κ1) is 14.4. The molecule has 1 aromatic rings. The molecule has 7 heteroatoms. The van der Waals surface area contributed by atoms with Crippen molar-refractivity contribution in [1.29, 1.82) is 0 Å². The third kappa shape index (κ3) is 4.52. The van der Waals surface area contributed by atoms with E-state index in [1.807, 2.05) is 0 Å². The highest BCUT2D eigenvalue weighted by molar-refractivity contribution is 7.15. The summed E-state index contributed by atoms with van der Waals surface area (Å²) in [6.45, 7) is 5.72. The molecule has 0 unspecified atom stereocenters. The number of anilines is 1. The van der Waals surface area contributed by atoms with Gasteiger partial charge in [-0.2, -0.15) is 0 Å². The topological polar surface area (TPSA) is 84.1 Å². The zero-order valence-electron chi connectivity index (χ0n) is 11.3. The standard InChI is InChI=1S/C12H21N5OS/c1-9-3-6-17(7-4-9)8-11-15-16-12(19-11)14-10(18)2-5-13/h9H,2-8,13H2,1H3,(H,14,16,18). The van der Waals surface area contributed by atoms with Crippen molar-refractivity contribution in [1.82, 2.24) is 15.1 Å². The molecule has 2 heterocycles. The van der Waals surface area contributed by atoms with Crippen molar-refractivity contribution in [3.05, 3.63) is 5.01 Å². The van der Waals surface area contributed by atoms with Crippen molar-refractivity contribution in [3.8, 4) is 0 Å². The summed E-state index contributed by atoms with van der Waals surface area (Å²) in [5, 5.41) is 12.4. The monoisotopic (exact) mass is 283 g/mol. The van der Waals surface area contributed by atoms with Gasteiger partial charge in [0.15, 0.2) is 0 Å². The first-order valence-corrected chi connectivity index (χ1v) is 7.53. The summed E-state index contributed by atoms with van der Waals surface area (Å²) < 4.78 is 0. The Morgan fingerprint density at radius 2 is 2.21 bits per heavy atom. The van der Waals surface area contributed by atoms with E-state index in [-0.39, 0.29) is 5.91 Å². The molecule has 19 heavy (non-hydrogen) atoms. The maximum Gasteiger partial charge on any atom is 0.227 e. The van der Waals surface area contributed by atoms with Crippen LogP contribution >= 0.6 is 11.3 Å². The van der Waals surface area contributed by atoms with E-state index in [9.17, 15) is 4.79 Å². The number of nitrogens with two attached hydrogens (primary N) is 1. The second-order valence-corrected chi connectivity index (χ2v) is 6.11. The Balaban J connectivity index is 1.82. The lowest BCUT2D eigenvalue weighted by atomic mass is 9.99.